The van der Waals surface area contributed by atoms with Crippen LogP contribution in [0.3, 0.4) is 0 Å². The Kier molecular flexibility index (Phi) is 3.56. The Hall–Kier alpha value is -2.43. The highest BCUT2D eigenvalue weighted by atomic mass is 16.2. The van der Waals surface area contributed by atoms with Crippen molar-refractivity contribution in [1.29, 1.82) is 0 Å². The first-order valence-electron chi connectivity index (χ1n) is 8.79. The highest BCUT2D eigenvalue weighted by Gasteiger charge is 2.60. The van der Waals surface area contributed by atoms with Crippen molar-refractivity contribution in [2.24, 2.45) is 17.8 Å². The van der Waals surface area contributed by atoms with Gasteiger partial charge in [-0.1, -0.05) is 42.5 Å². The van der Waals surface area contributed by atoms with E-state index in [0.29, 0.717) is 17.4 Å². The standard InChI is InChI=1S/C20H22N2O3/c1-20(16-11-13-8-9-15(16)10-13)18(24)22(19(25)21(20)2)12-17(23)14-6-4-3-5-7-14/h3-9,13,15-16H,10-12H2,1-2H3/t13-,15-,16?,20?/m1/s1. The number of Topliss-reactive ketones (excluding diaryl/α,β-unsaturated/α-hetero) is 1. The second-order valence-electron chi connectivity index (χ2n) is 7.56. The lowest BCUT2D eigenvalue weighted by molar-refractivity contribution is -0.135. The zero-order valence-corrected chi connectivity index (χ0v) is 14.5. The molecule has 0 radical (unpaired) electrons. The topological polar surface area (TPSA) is 57.7 Å². The molecule has 1 saturated heterocycles. The highest BCUT2D eigenvalue weighted by molar-refractivity contribution is 6.11. The van der Waals surface area contributed by atoms with Crippen LogP contribution in [0.25, 0.3) is 0 Å². The second kappa shape index (κ2) is 5.55. The van der Waals surface area contributed by atoms with Gasteiger partial charge in [-0.3, -0.25) is 14.5 Å². The fourth-order valence-corrected chi connectivity index (χ4v) is 4.72. The molecular formula is C20H22N2O3. The quantitative estimate of drug-likeness (QED) is 0.482. The molecule has 2 unspecified atom stereocenters. The van der Waals surface area contributed by atoms with Crippen LogP contribution in [-0.2, 0) is 4.79 Å². The van der Waals surface area contributed by atoms with Gasteiger partial charge in [0.05, 0.1) is 6.54 Å². The number of imide groups is 1. The van der Waals surface area contributed by atoms with E-state index in [1.165, 1.54) is 0 Å². The smallest absolute Gasteiger partial charge is 0.313 e. The van der Waals surface area contributed by atoms with E-state index in [-0.39, 0.29) is 30.2 Å². The Morgan fingerprint density at radius 2 is 1.88 bits per heavy atom. The van der Waals surface area contributed by atoms with Gasteiger partial charge in [-0.2, -0.15) is 0 Å². The van der Waals surface area contributed by atoms with Crippen molar-refractivity contribution in [1.82, 2.24) is 9.80 Å². The van der Waals surface area contributed by atoms with Gasteiger partial charge in [0, 0.05) is 12.6 Å². The van der Waals surface area contributed by atoms with Gasteiger partial charge in [0.25, 0.3) is 5.91 Å². The average molecular weight is 338 g/mol. The summed E-state index contributed by atoms with van der Waals surface area (Å²) in [6.07, 6.45) is 6.41. The van der Waals surface area contributed by atoms with Crippen molar-refractivity contribution in [3.63, 3.8) is 0 Å². The second-order valence-corrected chi connectivity index (χ2v) is 7.56. The Balaban J connectivity index is 1.59. The van der Waals surface area contributed by atoms with Crippen LogP contribution in [0.15, 0.2) is 42.5 Å². The van der Waals surface area contributed by atoms with Gasteiger partial charge in [0.2, 0.25) is 0 Å². The molecule has 4 atom stereocenters. The average Bonchev–Trinajstić information content (AvgIpc) is 3.31. The lowest BCUT2D eigenvalue weighted by Gasteiger charge is -2.37. The zero-order valence-electron chi connectivity index (χ0n) is 14.5. The summed E-state index contributed by atoms with van der Waals surface area (Å²) in [7, 11) is 1.68. The van der Waals surface area contributed by atoms with Gasteiger partial charge in [0.1, 0.15) is 5.54 Å². The number of carbonyl (C=O) groups excluding carboxylic acids is 3. The predicted octanol–water partition coefficient (Wildman–Crippen LogP) is 2.73. The van der Waals surface area contributed by atoms with Crippen molar-refractivity contribution >= 4 is 17.7 Å². The molecular weight excluding hydrogens is 316 g/mol. The molecule has 2 bridgehead atoms. The molecule has 4 rings (SSSR count). The Labute approximate surface area is 147 Å². The molecule has 1 saturated carbocycles. The minimum absolute atomic E-state index is 0.126. The number of hydrogen-bond acceptors (Lipinski definition) is 3. The molecule has 3 amide bonds. The maximum Gasteiger partial charge on any atom is 0.327 e. The van der Waals surface area contributed by atoms with E-state index in [0.717, 1.165) is 17.7 Å². The third-order valence-electron chi connectivity index (χ3n) is 6.29. The minimum atomic E-state index is -0.863. The minimum Gasteiger partial charge on any atom is -0.313 e. The fourth-order valence-electron chi connectivity index (χ4n) is 4.72. The van der Waals surface area contributed by atoms with Crippen LogP contribution < -0.4 is 0 Å². The molecule has 1 aromatic carbocycles. The van der Waals surface area contributed by atoms with Crippen molar-refractivity contribution in [2.45, 2.75) is 25.3 Å². The summed E-state index contributed by atoms with van der Waals surface area (Å²) in [4.78, 5) is 41.0. The Morgan fingerprint density at radius 1 is 1.16 bits per heavy atom. The summed E-state index contributed by atoms with van der Waals surface area (Å²) in [5, 5.41) is 0. The largest absolute Gasteiger partial charge is 0.327 e. The summed E-state index contributed by atoms with van der Waals surface area (Å²) < 4.78 is 0. The number of urea groups is 1. The molecule has 1 aromatic rings. The summed E-state index contributed by atoms with van der Waals surface area (Å²) in [6, 6.07) is 8.42. The third-order valence-corrected chi connectivity index (χ3v) is 6.29. The maximum absolute atomic E-state index is 13.2. The van der Waals surface area contributed by atoms with Gasteiger partial charge in [-0.25, -0.2) is 4.79 Å². The summed E-state index contributed by atoms with van der Waals surface area (Å²) in [5.74, 6) is 0.533. The van der Waals surface area contributed by atoms with E-state index < -0.39 is 5.54 Å². The van der Waals surface area contributed by atoms with Gasteiger partial charge in [-0.15, -0.1) is 0 Å². The fraction of sp³-hybridized carbons (Fsp3) is 0.450. The predicted molar refractivity (Wildman–Crippen MR) is 92.9 cm³/mol. The summed E-state index contributed by atoms with van der Waals surface area (Å²) >= 11 is 0. The number of likely N-dealkylation sites (N-methyl/N-ethyl adjacent to an activating group) is 1. The number of amides is 3. The van der Waals surface area contributed by atoms with E-state index in [2.05, 4.69) is 12.2 Å². The molecule has 1 aliphatic heterocycles. The van der Waals surface area contributed by atoms with Gasteiger partial charge < -0.3 is 4.90 Å². The normalized spacial score (nSPS) is 33.6. The van der Waals surface area contributed by atoms with Crippen molar-refractivity contribution < 1.29 is 14.4 Å². The van der Waals surface area contributed by atoms with Gasteiger partial charge in [-0.05, 0) is 37.5 Å². The first-order valence-corrected chi connectivity index (χ1v) is 8.79. The first kappa shape index (κ1) is 16.1. The SMILES string of the molecule is CN1C(=O)N(CC(=O)c2ccccc2)C(=O)C1(C)C1C[C@@H]2C=C[C@@H]1C2. The van der Waals surface area contributed by atoms with Crippen molar-refractivity contribution in [3.05, 3.63) is 48.0 Å². The van der Waals surface area contributed by atoms with Crippen LogP contribution in [0.4, 0.5) is 4.79 Å². The molecule has 2 fully saturated rings. The molecule has 0 spiro atoms. The van der Waals surface area contributed by atoms with Crippen molar-refractivity contribution in [3.8, 4) is 0 Å². The molecule has 1 heterocycles. The molecule has 5 heteroatoms. The molecule has 130 valence electrons. The monoisotopic (exact) mass is 338 g/mol. The summed E-state index contributed by atoms with van der Waals surface area (Å²) in [6.45, 7) is 1.66. The number of ketones is 1. The number of fused-ring (bicyclic) bond motifs is 2. The molecule has 5 nitrogen and oxygen atoms in total. The number of benzene rings is 1. The molecule has 2 aliphatic carbocycles. The van der Waals surface area contributed by atoms with E-state index in [4.69, 9.17) is 0 Å². The van der Waals surface area contributed by atoms with E-state index in [9.17, 15) is 14.4 Å². The number of rotatable bonds is 4. The van der Waals surface area contributed by atoms with Gasteiger partial charge in [0.15, 0.2) is 5.78 Å². The number of hydrogen-bond donors (Lipinski definition) is 0. The van der Waals surface area contributed by atoms with Gasteiger partial charge >= 0.3 is 6.03 Å². The summed E-state index contributed by atoms with van der Waals surface area (Å²) in [5.41, 5.74) is -0.347. The van der Waals surface area contributed by atoms with E-state index in [1.54, 1.807) is 36.2 Å². The van der Waals surface area contributed by atoms with Crippen LogP contribution in [-0.4, -0.2) is 46.7 Å². The van der Waals surface area contributed by atoms with Crippen LogP contribution in [0.1, 0.15) is 30.1 Å². The number of nitrogens with zero attached hydrogens (tertiary/aromatic N) is 2. The molecule has 3 aliphatic rings. The van der Waals surface area contributed by atoms with E-state index >= 15 is 0 Å². The van der Waals surface area contributed by atoms with Crippen LogP contribution in [0.5, 0.6) is 0 Å². The number of allylic oxidation sites excluding steroid dienone is 2. The van der Waals surface area contributed by atoms with Crippen LogP contribution >= 0.6 is 0 Å². The first-order chi connectivity index (χ1) is 11.9. The van der Waals surface area contributed by atoms with E-state index in [1.807, 2.05) is 13.0 Å². The Bertz CT molecular complexity index is 772. The lowest BCUT2D eigenvalue weighted by atomic mass is 9.76. The third kappa shape index (κ3) is 2.25. The molecule has 0 aromatic heterocycles. The van der Waals surface area contributed by atoms with Crippen molar-refractivity contribution in [2.75, 3.05) is 13.6 Å². The van der Waals surface area contributed by atoms with Crippen LogP contribution in [0.2, 0.25) is 0 Å². The molecule has 0 N–H and O–H groups in total. The maximum atomic E-state index is 13.2. The highest BCUT2D eigenvalue weighted by Crippen LogP contribution is 2.51. The molecule has 25 heavy (non-hydrogen) atoms. The zero-order chi connectivity index (χ0) is 17.8. The van der Waals surface area contributed by atoms with Crippen LogP contribution in [0, 0.1) is 17.8 Å². The lowest BCUT2D eigenvalue weighted by Crippen LogP contribution is -2.52. The number of carbonyl (C=O) groups is 3. The Morgan fingerprint density at radius 3 is 2.48 bits per heavy atom.